The molecule has 3 N–H and O–H groups in total. The van der Waals surface area contributed by atoms with Crippen molar-refractivity contribution in [1.29, 1.82) is 5.26 Å². The maximum absolute atomic E-state index is 12.3. The van der Waals surface area contributed by atoms with E-state index in [1.165, 1.54) is 18.2 Å². The number of rotatable bonds is 5. The van der Waals surface area contributed by atoms with Gasteiger partial charge in [0, 0.05) is 12.8 Å². The molecule has 0 aliphatic carbocycles. The maximum Gasteiger partial charge on any atom is 0.270 e. The van der Waals surface area contributed by atoms with Crippen molar-refractivity contribution in [1.82, 2.24) is 10.3 Å². The highest BCUT2D eigenvalue weighted by Crippen LogP contribution is 2.18. The molecule has 7 nitrogen and oxygen atoms in total. The molecule has 0 spiro atoms. The second-order valence-electron chi connectivity index (χ2n) is 5.57. The van der Waals surface area contributed by atoms with Gasteiger partial charge in [-0.3, -0.25) is 4.79 Å². The molecule has 0 saturated carbocycles. The highest BCUT2D eigenvalue weighted by Gasteiger charge is 2.14. The van der Waals surface area contributed by atoms with Gasteiger partial charge in [-0.15, -0.1) is 0 Å². The van der Waals surface area contributed by atoms with Gasteiger partial charge in [0.05, 0.1) is 16.3 Å². The Morgan fingerprint density at radius 3 is 2.54 bits per heavy atom. The summed E-state index contributed by atoms with van der Waals surface area (Å²) < 4.78 is 22.9. The SMILES string of the molecule is CC=Cc1nc(C(=O)NCc2ccc(S(C)(=O)=O)cc2)cc(N)c1C#N. The summed E-state index contributed by atoms with van der Waals surface area (Å²) in [6.07, 6.45) is 4.44. The van der Waals surface area contributed by atoms with E-state index in [0.717, 1.165) is 11.8 Å². The first-order valence-electron chi connectivity index (χ1n) is 7.66. The molecule has 0 radical (unpaired) electrons. The standard InChI is InChI=1S/C18H18N4O3S/c1-3-4-16-14(10-19)15(20)9-17(22-16)18(23)21-11-12-5-7-13(8-6-12)26(2,24)25/h3-9H,11H2,1-2H3,(H2,20,22)(H,21,23). The Hall–Kier alpha value is -3.18. The number of sulfone groups is 1. The van der Waals surface area contributed by atoms with Crippen LogP contribution in [0.5, 0.6) is 0 Å². The Kier molecular flexibility index (Phi) is 5.75. The number of amides is 1. The zero-order valence-electron chi connectivity index (χ0n) is 14.4. The van der Waals surface area contributed by atoms with E-state index in [1.807, 2.05) is 6.07 Å². The Morgan fingerprint density at radius 2 is 2.00 bits per heavy atom. The van der Waals surface area contributed by atoms with Crippen molar-refractivity contribution >= 4 is 27.5 Å². The normalized spacial score (nSPS) is 11.3. The number of carbonyl (C=O) groups is 1. The monoisotopic (exact) mass is 370 g/mol. The topological polar surface area (TPSA) is 126 Å². The Bertz CT molecular complexity index is 1000. The van der Waals surface area contributed by atoms with Crippen LogP contribution in [-0.4, -0.2) is 25.6 Å². The summed E-state index contributed by atoms with van der Waals surface area (Å²) >= 11 is 0. The minimum absolute atomic E-state index is 0.0994. The lowest BCUT2D eigenvalue weighted by Crippen LogP contribution is -2.24. The summed E-state index contributed by atoms with van der Waals surface area (Å²) in [4.78, 5) is 16.7. The molecule has 0 unspecified atom stereocenters. The van der Waals surface area contributed by atoms with Gasteiger partial charge in [-0.1, -0.05) is 18.2 Å². The van der Waals surface area contributed by atoms with Crippen LogP contribution in [0.1, 0.15) is 34.2 Å². The molecule has 0 saturated heterocycles. The van der Waals surface area contributed by atoms with Gasteiger partial charge in [0.1, 0.15) is 17.3 Å². The maximum atomic E-state index is 12.3. The largest absolute Gasteiger partial charge is 0.398 e. The second-order valence-corrected chi connectivity index (χ2v) is 7.58. The van der Waals surface area contributed by atoms with Crippen molar-refractivity contribution < 1.29 is 13.2 Å². The number of nitrogens with zero attached hydrogens (tertiary/aromatic N) is 2. The van der Waals surface area contributed by atoms with Crippen molar-refractivity contribution in [3.8, 4) is 6.07 Å². The third-order valence-corrected chi connectivity index (χ3v) is 4.68. The molecule has 0 atom stereocenters. The van der Waals surface area contributed by atoms with E-state index < -0.39 is 15.7 Å². The first kappa shape index (κ1) is 19.1. The van der Waals surface area contributed by atoms with Crippen molar-refractivity contribution in [2.24, 2.45) is 0 Å². The van der Waals surface area contributed by atoms with Crippen molar-refractivity contribution in [2.75, 3.05) is 12.0 Å². The Morgan fingerprint density at radius 1 is 1.35 bits per heavy atom. The number of nitrogen functional groups attached to an aromatic ring is 1. The van der Waals surface area contributed by atoms with Gasteiger partial charge in [0.2, 0.25) is 0 Å². The average Bonchev–Trinajstić information content (AvgIpc) is 2.59. The van der Waals surface area contributed by atoms with E-state index in [0.29, 0.717) is 5.69 Å². The fourth-order valence-electron chi connectivity index (χ4n) is 2.23. The number of aromatic nitrogens is 1. The Balaban J connectivity index is 2.17. The van der Waals surface area contributed by atoms with Gasteiger partial charge in [-0.25, -0.2) is 13.4 Å². The van der Waals surface area contributed by atoms with E-state index in [2.05, 4.69) is 10.3 Å². The minimum atomic E-state index is -3.26. The van der Waals surface area contributed by atoms with Crippen molar-refractivity contribution in [3.63, 3.8) is 0 Å². The summed E-state index contributed by atoms with van der Waals surface area (Å²) in [6.45, 7) is 1.97. The second kappa shape index (κ2) is 7.80. The fourth-order valence-corrected chi connectivity index (χ4v) is 2.86. The Labute approximate surface area is 152 Å². The number of carbonyl (C=O) groups excluding carboxylic acids is 1. The summed E-state index contributed by atoms with van der Waals surface area (Å²) in [5.74, 6) is -0.445. The van der Waals surface area contributed by atoms with Crippen LogP contribution in [0.15, 0.2) is 41.3 Å². The van der Waals surface area contributed by atoms with Gasteiger partial charge >= 0.3 is 0 Å². The average molecular weight is 370 g/mol. The number of pyridine rings is 1. The molecule has 26 heavy (non-hydrogen) atoms. The van der Waals surface area contributed by atoms with Crippen molar-refractivity contribution in [2.45, 2.75) is 18.4 Å². The van der Waals surface area contributed by atoms with Gasteiger partial charge in [0.15, 0.2) is 9.84 Å². The smallest absolute Gasteiger partial charge is 0.270 e. The molecule has 0 fully saturated rings. The van der Waals surface area contributed by atoms with Gasteiger partial charge in [-0.05, 0) is 36.8 Å². The summed E-state index contributed by atoms with van der Waals surface area (Å²) in [5.41, 5.74) is 7.40. The van der Waals surface area contributed by atoms with Crippen LogP contribution >= 0.6 is 0 Å². The number of nitrogens with two attached hydrogens (primary N) is 1. The number of allylic oxidation sites excluding steroid dienone is 1. The molecule has 0 aliphatic heterocycles. The zero-order valence-corrected chi connectivity index (χ0v) is 15.2. The minimum Gasteiger partial charge on any atom is -0.398 e. The summed E-state index contributed by atoms with van der Waals surface area (Å²) in [6, 6.07) is 9.55. The molecular weight excluding hydrogens is 352 g/mol. The number of nitrogens with one attached hydrogen (secondary N) is 1. The highest BCUT2D eigenvalue weighted by atomic mass is 32.2. The molecular formula is C18H18N4O3S. The van der Waals surface area contributed by atoms with Gasteiger partial charge in [0.25, 0.3) is 5.91 Å². The van der Waals surface area contributed by atoms with Crippen LogP contribution in [0, 0.1) is 11.3 Å². The number of hydrogen-bond acceptors (Lipinski definition) is 6. The van der Waals surface area contributed by atoms with Gasteiger partial charge < -0.3 is 11.1 Å². The predicted octanol–water partition coefficient (Wildman–Crippen LogP) is 1.90. The third kappa shape index (κ3) is 4.46. The first-order valence-corrected chi connectivity index (χ1v) is 9.56. The van der Waals surface area contributed by atoms with Crippen LogP contribution < -0.4 is 11.1 Å². The van der Waals surface area contributed by atoms with E-state index in [1.54, 1.807) is 31.2 Å². The molecule has 1 aromatic heterocycles. The molecule has 134 valence electrons. The first-order chi connectivity index (χ1) is 12.3. The predicted molar refractivity (Wildman–Crippen MR) is 98.8 cm³/mol. The van der Waals surface area contributed by atoms with Crippen molar-refractivity contribution in [3.05, 3.63) is 58.9 Å². The zero-order chi connectivity index (χ0) is 19.3. The quantitative estimate of drug-likeness (QED) is 0.828. The molecule has 1 amide bonds. The van der Waals surface area contributed by atoms with Crippen LogP contribution in [0.4, 0.5) is 5.69 Å². The van der Waals surface area contributed by atoms with Crippen LogP contribution in [-0.2, 0) is 16.4 Å². The van der Waals surface area contributed by atoms with Gasteiger partial charge in [-0.2, -0.15) is 5.26 Å². The third-order valence-electron chi connectivity index (χ3n) is 3.55. The summed E-state index contributed by atoms with van der Waals surface area (Å²) in [7, 11) is -3.26. The lowest BCUT2D eigenvalue weighted by Gasteiger charge is -2.08. The van der Waals surface area contributed by atoms with E-state index in [-0.39, 0.29) is 28.4 Å². The van der Waals surface area contributed by atoms with E-state index in [4.69, 9.17) is 11.0 Å². The molecule has 2 rings (SSSR count). The lowest BCUT2D eigenvalue weighted by atomic mass is 10.1. The summed E-state index contributed by atoms with van der Waals surface area (Å²) in [5, 5.41) is 11.8. The van der Waals surface area contributed by atoms with E-state index in [9.17, 15) is 13.2 Å². The lowest BCUT2D eigenvalue weighted by molar-refractivity contribution is 0.0946. The number of anilines is 1. The van der Waals surface area contributed by atoms with E-state index >= 15 is 0 Å². The molecule has 0 aliphatic rings. The van der Waals surface area contributed by atoms with Crippen LogP contribution in [0.2, 0.25) is 0 Å². The number of benzene rings is 1. The molecule has 1 heterocycles. The number of hydrogen-bond donors (Lipinski definition) is 2. The highest BCUT2D eigenvalue weighted by molar-refractivity contribution is 7.90. The fraction of sp³-hybridized carbons (Fsp3) is 0.167. The van der Waals surface area contributed by atoms with Crippen LogP contribution in [0.25, 0.3) is 6.08 Å². The molecule has 1 aromatic carbocycles. The molecule has 8 heteroatoms. The number of nitriles is 1. The molecule has 0 bridgehead atoms. The van der Waals surface area contributed by atoms with Crippen LogP contribution in [0.3, 0.4) is 0 Å². The molecule has 2 aromatic rings.